The van der Waals surface area contributed by atoms with Gasteiger partial charge in [0.25, 0.3) is 0 Å². The van der Waals surface area contributed by atoms with Crippen LogP contribution in [0.2, 0.25) is 0 Å². The Labute approximate surface area is 173 Å². The molecule has 1 aliphatic rings. The Morgan fingerprint density at radius 3 is 2.39 bits per heavy atom. The number of quaternary nitrogens is 1. The van der Waals surface area contributed by atoms with E-state index in [0.29, 0.717) is 11.3 Å². The lowest BCUT2D eigenvalue weighted by atomic mass is 10.0. The van der Waals surface area contributed by atoms with E-state index in [4.69, 9.17) is 4.42 Å². The smallest absolute Gasteiger partial charge is 0.350 e. The highest BCUT2D eigenvalue weighted by atomic mass is 32.2. The molecule has 1 aromatic carbocycles. The molecule has 0 radical (unpaired) electrons. The van der Waals surface area contributed by atoms with Gasteiger partial charge in [-0.2, -0.15) is 11.8 Å². The fourth-order valence-corrected chi connectivity index (χ4v) is 2.94. The largest absolute Gasteiger partial charge is 0.460 e. The Morgan fingerprint density at radius 1 is 1.32 bits per heavy atom. The van der Waals surface area contributed by atoms with Crippen LogP contribution in [0.5, 0.6) is 0 Å². The number of aryl methyl sites for hydroxylation is 1. The molecule has 0 aliphatic heterocycles. The molecule has 2 N–H and O–H groups in total. The number of fused-ring (bicyclic) bond motifs is 1. The highest BCUT2D eigenvalue weighted by Crippen LogP contribution is 2.35. The monoisotopic (exact) mass is 407 g/mol. The Morgan fingerprint density at radius 2 is 1.89 bits per heavy atom. The Kier molecular flexibility index (Phi) is 9.40. The second-order valence-electron chi connectivity index (χ2n) is 7.64. The highest BCUT2D eigenvalue weighted by molar-refractivity contribution is 7.97. The molecule has 1 amide bonds. The normalized spacial score (nSPS) is 14.4. The Balaban J connectivity index is 0.000000717. The first-order valence-electron chi connectivity index (χ1n) is 9.60. The number of carbonyl (C=O) groups is 2. The first kappa shape index (κ1) is 24.4. The Bertz CT molecular complexity index is 794. The number of nitrogens with two attached hydrogens (primary N) is 1. The van der Waals surface area contributed by atoms with Crippen molar-refractivity contribution in [2.24, 2.45) is 11.7 Å². The fourth-order valence-electron chi connectivity index (χ4n) is 2.94. The molecule has 1 unspecified atom stereocenters. The molecule has 0 spiro atoms. The third-order valence-corrected chi connectivity index (χ3v) is 5.10. The van der Waals surface area contributed by atoms with Crippen molar-refractivity contribution >= 4 is 34.9 Å². The molecule has 6 heteroatoms. The molecule has 1 saturated carbocycles. The maximum Gasteiger partial charge on any atom is 0.350 e. The van der Waals surface area contributed by atoms with Crippen molar-refractivity contribution in [1.29, 1.82) is 0 Å². The van der Waals surface area contributed by atoms with Gasteiger partial charge in [-0.25, -0.2) is 4.79 Å². The second-order valence-corrected chi connectivity index (χ2v) is 8.46. The minimum Gasteiger partial charge on any atom is -0.460 e. The lowest BCUT2D eigenvalue weighted by Gasteiger charge is -2.29. The Hall–Kier alpha value is -1.63. The molecule has 2 aromatic rings. The van der Waals surface area contributed by atoms with Crippen LogP contribution in [0.4, 0.5) is 0 Å². The summed E-state index contributed by atoms with van der Waals surface area (Å²) in [6, 6.07) is 5.73. The molecule has 1 heterocycles. The van der Waals surface area contributed by atoms with Gasteiger partial charge < -0.3 is 10.2 Å². The van der Waals surface area contributed by atoms with Gasteiger partial charge in [-0.1, -0.05) is 6.07 Å². The van der Waals surface area contributed by atoms with E-state index < -0.39 is 6.04 Å². The summed E-state index contributed by atoms with van der Waals surface area (Å²) in [5, 5.41) is 0.870. The molecule has 156 valence electrons. The van der Waals surface area contributed by atoms with E-state index in [9.17, 15) is 9.59 Å². The van der Waals surface area contributed by atoms with Crippen molar-refractivity contribution in [3.05, 3.63) is 35.1 Å². The SMILES string of the molecule is CN.CSC.Cc1oc2ccc(CC3CC3)cc2c1C(=O)[N+](C)(C)C(C)C=O. The number of carbonyl (C=O) groups excluding carboxylic acids is 2. The number of hydrogen-bond donors (Lipinski definition) is 1. The predicted molar refractivity (Wildman–Crippen MR) is 119 cm³/mol. The topological polar surface area (TPSA) is 73.3 Å². The van der Waals surface area contributed by atoms with Crippen LogP contribution < -0.4 is 5.73 Å². The highest BCUT2D eigenvalue weighted by Gasteiger charge is 2.37. The van der Waals surface area contributed by atoms with Gasteiger partial charge in [-0.3, -0.25) is 9.28 Å². The molecule has 1 aliphatic carbocycles. The van der Waals surface area contributed by atoms with Crippen LogP contribution in [0.15, 0.2) is 22.6 Å². The first-order chi connectivity index (χ1) is 13.3. The van der Waals surface area contributed by atoms with Gasteiger partial charge in [-0.15, -0.1) is 0 Å². The van der Waals surface area contributed by atoms with E-state index in [0.717, 1.165) is 29.6 Å². The van der Waals surface area contributed by atoms with Crippen LogP contribution in [-0.4, -0.2) is 56.4 Å². The predicted octanol–water partition coefficient (Wildman–Crippen LogP) is 4.05. The fraction of sp³-hybridized carbons (Fsp3) is 0.545. The number of hydrogen-bond acceptors (Lipinski definition) is 5. The summed E-state index contributed by atoms with van der Waals surface area (Å²) in [6.07, 6.45) is 8.58. The van der Waals surface area contributed by atoms with Crippen molar-refractivity contribution in [2.75, 3.05) is 33.7 Å². The van der Waals surface area contributed by atoms with Gasteiger partial charge in [0.2, 0.25) is 0 Å². The van der Waals surface area contributed by atoms with Crippen LogP contribution in [0.1, 0.15) is 41.4 Å². The van der Waals surface area contributed by atoms with Crippen molar-refractivity contribution in [3.63, 3.8) is 0 Å². The summed E-state index contributed by atoms with van der Waals surface area (Å²) in [4.78, 5) is 24.2. The number of rotatable bonds is 5. The van der Waals surface area contributed by atoms with Crippen LogP contribution >= 0.6 is 11.8 Å². The van der Waals surface area contributed by atoms with E-state index in [-0.39, 0.29) is 10.4 Å². The van der Waals surface area contributed by atoms with E-state index in [1.807, 2.05) is 25.5 Å². The summed E-state index contributed by atoms with van der Waals surface area (Å²) in [6.45, 7) is 3.58. The summed E-state index contributed by atoms with van der Waals surface area (Å²) in [7, 11) is 5.04. The molecule has 0 saturated heterocycles. The average Bonchev–Trinajstić information content (AvgIpc) is 3.43. The molecule has 0 bridgehead atoms. The molecular weight excluding hydrogens is 372 g/mol. The molecule has 1 fully saturated rings. The van der Waals surface area contributed by atoms with Gasteiger partial charge in [0.05, 0.1) is 14.1 Å². The van der Waals surface area contributed by atoms with Crippen molar-refractivity contribution in [1.82, 2.24) is 0 Å². The number of benzene rings is 1. The third kappa shape index (κ3) is 5.69. The van der Waals surface area contributed by atoms with Gasteiger partial charge in [-0.05, 0) is 76.3 Å². The van der Waals surface area contributed by atoms with Gasteiger partial charge in [0, 0.05) is 5.39 Å². The van der Waals surface area contributed by atoms with E-state index >= 15 is 0 Å². The van der Waals surface area contributed by atoms with E-state index in [1.54, 1.807) is 32.8 Å². The zero-order valence-electron chi connectivity index (χ0n) is 18.2. The second kappa shape index (κ2) is 10.8. The third-order valence-electron chi connectivity index (χ3n) is 5.10. The van der Waals surface area contributed by atoms with E-state index in [2.05, 4.69) is 17.9 Å². The molecule has 1 aromatic heterocycles. The minimum absolute atomic E-state index is 0.00811. The zero-order chi connectivity index (χ0) is 21.5. The van der Waals surface area contributed by atoms with Gasteiger partial charge in [0.1, 0.15) is 22.9 Å². The number of thioether (sulfide) groups is 1. The number of likely N-dealkylation sites (N-methyl/N-ethyl adjacent to an activating group) is 1. The average molecular weight is 408 g/mol. The maximum absolute atomic E-state index is 13.1. The molecule has 1 atom stereocenters. The van der Waals surface area contributed by atoms with Crippen molar-refractivity contribution in [2.45, 2.75) is 39.2 Å². The van der Waals surface area contributed by atoms with E-state index in [1.165, 1.54) is 25.5 Å². The zero-order valence-corrected chi connectivity index (χ0v) is 19.1. The summed E-state index contributed by atoms with van der Waals surface area (Å²) >= 11 is 1.75. The lowest BCUT2D eigenvalue weighted by Crippen LogP contribution is -2.52. The quantitative estimate of drug-likeness (QED) is 0.598. The number of amides is 1. The molecule has 28 heavy (non-hydrogen) atoms. The summed E-state index contributed by atoms with van der Waals surface area (Å²) < 4.78 is 5.78. The number of nitrogens with zero attached hydrogens (tertiary/aromatic N) is 1. The summed E-state index contributed by atoms with van der Waals surface area (Å²) in [5.41, 5.74) is 7.10. The van der Waals surface area contributed by atoms with Crippen molar-refractivity contribution in [3.8, 4) is 0 Å². The van der Waals surface area contributed by atoms with Crippen LogP contribution in [0.25, 0.3) is 11.0 Å². The summed E-state index contributed by atoms with van der Waals surface area (Å²) in [5.74, 6) is 1.34. The lowest BCUT2D eigenvalue weighted by molar-refractivity contribution is -0.821. The number of furan rings is 1. The van der Waals surface area contributed by atoms with Crippen LogP contribution in [-0.2, 0) is 11.2 Å². The minimum atomic E-state index is -0.401. The van der Waals surface area contributed by atoms with Crippen LogP contribution in [0, 0.1) is 12.8 Å². The molecule has 5 nitrogen and oxygen atoms in total. The first-order valence-corrected chi connectivity index (χ1v) is 11.2. The molecule has 3 rings (SSSR count). The van der Waals surface area contributed by atoms with Crippen LogP contribution in [0.3, 0.4) is 0 Å². The standard InChI is InChI=1S/C19H24NO3.C2H6S.CH5N/c1-12(11-21)20(3,4)19(22)18-13(2)23-17-8-7-15(10-16(17)18)9-14-5-6-14;1-3-2;1-2/h7-8,10-12,14H,5-6,9H2,1-4H3;1-2H3;2H2,1H3/q+1;;. The maximum atomic E-state index is 13.1. The van der Waals surface area contributed by atoms with Crippen molar-refractivity contribution < 1.29 is 18.5 Å². The van der Waals surface area contributed by atoms with Gasteiger partial charge >= 0.3 is 5.91 Å². The number of aldehydes is 1. The van der Waals surface area contributed by atoms with Gasteiger partial charge in [0.15, 0.2) is 6.29 Å². The molecular formula is C22H35N2O3S+.